The van der Waals surface area contributed by atoms with Crippen molar-refractivity contribution in [2.45, 2.75) is 12.3 Å². The Morgan fingerprint density at radius 1 is 1.23 bits per heavy atom. The Balaban J connectivity index is 1.38. The molecule has 0 bridgehead atoms. The van der Waals surface area contributed by atoms with Crippen molar-refractivity contribution < 1.29 is 22.7 Å². The lowest BCUT2D eigenvalue weighted by molar-refractivity contribution is -0.141. The molecule has 26 heavy (non-hydrogen) atoms. The van der Waals surface area contributed by atoms with Gasteiger partial charge in [0.2, 0.25) is 5.88 Å². The van der Waals surface area contributed by atoms with Crippen LogP contribution in [0.25, 0.3) is 11.0 Å². The largest absolute Gasteiger partial charge is 0.471 e. The molecule has 9 heteroatoms. The molecule has 1 N–H and O–H groups in total. The van der Waals surface area contributed by atoms with Gasteiger partial charge in [0.1, 0.15) is 11.8 Å². The molecule has 0 aliphatic carbocycles. The molecule has 134 valence electrons. The molecule has 0 saturated carbocycles. The smallest absolute Gasteiger partial charge is 0.433 e. The lowest BCUT2D eigenvalue weighted by Crippen LogP contribution is -2.56. The summed E-state index contributed by atoms with van der Waals surface area (Å²) in [5.41, 5.74) is 1.03. The molecule has 0 atom stereocenters. The minimum atomic E-state index is -4.52. The number of amides is 1. The van der Waals surface area contributed by atoms with E-state index in [9.17, 15) is 18.0 Å². The molecule has 6 nitrogen and oxygen atoms in total. The SMILES string of the molecule is O=C(c1ccc2nc[nH]c2c1)N1CC(Oc2cccc(C(F)(F)F)n2)C1. The van der Waals surface area contributed by atoms with Gasteiger partial charge in [-0.3, -0.25) is 4.79 Å². The Morgan fingerprint density at radius 2 is 2.04 bits per heavy atom. The lowest BCUT2D eigenvalue weighted by atomic mass is 10.1. The first-order valence-corrected chi connectivity index (χ1v) is 7.83. The number of hydrogen-bond donors (Lipinski definition) is 1. The molecule has 4 rings (SSSR count). The molecule has 1 amide bonds. The van der Waals surface area contributed by atoms with Crippen LogP contribution < -0.4 is 4.74 Å². The number of aromatic nitrogens is 3. The van der Waals surface area contributed by atoms with Gasteiger partial charge in [-0.05, 0) is 24.3 Å². The van der Waals surface area contributed by atoms with Gasteiger partial charge in [-0.1, -0.05) is 6.07 Å². The molecule has 1 aromatic carbocycles. The normalized spacial score (nSPS) is 15.1. The fourth-order valence-corrected chi connectivity index (χ4v) is 2.74. The predicted molar refractivity (Wildman–Crippen MR) is 85.7 cm³/mol. The van der Waals surface area contributed by atoms with Crippen LogP contribution in [-0.2, 0) is 6.18 Å². The molecule has 1 saturated heterocycles. The van der Waals surface area contributed by atoms with Gasteiger partial charge < -0.3 is 14.6 Å². The average Bonchev–Trinajstić information content (AvgIpc) is 3.04. The number of carbonyl (C=O) groups excluding carboxylic acids is 1. The summed E-state index contributed by atoms with van der Waals surface area (Å²) in [5, 5.41) is 0. The number of hydrogen-bond acceptors (Lipinski definition) is 4. The quantitative estimate of drug-likeness (QED) is 0.778. The minimum Gasteiger partial charge on any atom is -0.471 e. The molecule has 0 spiro atoms. The van der Waals surface area contributed by atoms with E-state index in [2.05, 4.69) is 15.0 Å². The van der Waals surface area contributed by atoms with E-state index >= 15 is 0 Å². The molecule has 1 fully saturated rings. The summed E-state index contributed by atoms with van der Waals surface area (Å²) < 4.78 is 43.4. The zero-order chi connectivity index (χ0) is 18.3. The zero-order valence-corrected chi connectivity index (χ0v) is 13.3. The maximum atomic E-state index is 12.7. The van der Waals surface area contributed by atoms with E-state index in [1.54, 1.807) is 29.4 Å². The van der Waals surface area contributed by atoms with Crippen molar-refractivity contribution in [3.8, 4) is 5.88 Å². The van der Waals surface area contributed by atoms with Crippen molar-refractivity contribution in [2.75, 3.05) is 13.1 Å². The number of pyridine rings is 1. The van der Waals surface area contributed by atoms with Crippen LogP contribution in [0.15, 0.2) is 42.7 Å². The summed E-state index contributed by atoms with van der Waals surface area (Å²) in [6, 6.07) is 8.65. The second-order valence-corrected chi connectivity index (χ2v) is 5.94. The van der Waals surface area contributed by atoms with Crippen LogP contribution >= 0.6 is 0 Å². The molecule has 2 aromatic heterocycles. The number of rotatable bonds is 3. The Kier molecular flexibility index (Phi) is 3.78. The van der Waals surface area contributed by atoms with Crippen molar-refractivity contribution in [2.24, 2.45) is 0 Å². The highest BCUT2D eigenvalue weighted by Crippen LogP contribution is 2.29. The molecular weight excluding hydrogens is 349 g/mol. The van der Waals surface area contributed by atoms with Crippen LogP contribution in [0.4, 0.5) is 13.2 Å². The van der Waals surface area contributed by atoms with Gasteiger partial charge >= 0.3 is 6.18 Å². The first-order chi connectivity index (χ1) is 12.4. The van der Waals surface area contributed by atoms with Crippen molar-refractivity contribution >= 4 is 16.9 Å². The second-order valence-electron chi connectivity index (χ2n) is 5.94. The van der Waals surface area contributed by atoms with Crippen molar-refractivity contribution in [1.82, 2.24) is 19.9 Å². The number of nitrogens with zero attached hydrogens (tertiary/aromatic N) is 3. The van der Waals surface area contributed by atoms with Gasteiger partial charge in [0.25, 0.3) is 5.91 Å². The van der Waals surface area contributed by atoms with Crippen molar-refractivity contribution in [3.05, 3.63) is 54.0 Å². The van der Waals surface area contributed by atoms with Crippen molar-refractivity contribution in [1.29, 1.82) is 0 Å². The second kappa shape index (κ2) is 6.01. The monoisotopic (exact) mass is 362 g/mol. The third kappa shape index (κ3) is 3.07. The number of imidazole rings is 1. The van der Waals surface area contributed by atoms with E-state index in [1.165, 1.54) is 12.1 Å². The summed E-state index contributed by atoms with van der Waals surface area (Å²) >= 11 is 0. The van der Waals surface area contributed by atoms with E-state index in [4.69, 9.17) is 4.74 Å². The highest BCUT2D eigenvalue weighted by molar-refractivity contribution is 5.97. The summed E-state index contributed by atoms with van der Waals surface area (Å²) in [6.07, 6.45) is -3.35. The fourth-order valence-electron chi connectivity index (χ4n) is 2.74. The summed E-state index contributed by atoms with van der Waals surface area (Å²) in [4.78, 5) is 24.5. The standard InChI is InChI=1S/C17H13F3N4O2/c18-17(19,20)14-2-1-3-15(23-14)26-11-7-24(8-11)16(25)10-4-5-12-13(6-10)22-9-21-12/h1-6,9,11H,7-8H2,(H,21,22). The molecule has 0 radical (unpaired) electrons. The van der Waals surface area contributed by atoms with Crippen LogP contribution in [0.2, 0.25) is 0 Å². The maximum Gasteiger partial charge on any atom is 0.433 e. The van der Waals surface area contributed by atoms with E-state index in [0.29, 0.717) is 5.56 Å². The number of benzene rings is 1. The van der Waals surface area contributed by atoms with E-state index in [0.717, 1.165) is 17.1 Å². The maximum absolute atomic E-state index is 12.7. The number of halogens is 3. The van der Waals surface area contributed by atoms with Crippen LogP contribution in [0.1, 0.15) is 16.1 Å². The third-order valence-electron chi connectivity index (χ3n) is 4.10. The zero-order valence-electron chi connectivity index (χ0n) is 13.3. The Morgan fingerprint density at radius 3 is 2.81 bits per heavy atom. The van der Waals surface area contributed by atoms with E-state index in [1.807, 2.05) is 0 Å². The number of carbonyl (C=O) groups is 1. The number of H-pyrrole nitrogens is 1. The van der Waals surface area contributed by atoms with Crippen LogP contribution in [0.5, 0.6) is 5.88 Å². The van der Waals surface area contributed by atoms with Gasteiger partial charge in [-0.25, -0.2) is 9.97 Å². The van der Waals surface area contributed by atoms with E-state index < -0.39 is 11.9 Å². The lowest BCUT2D eigenvalue weighted by Gasteiger charge is -2.38. The summed E-state index contributed by atoms with van der Waals surface area (Å²) in [5.74, 6) is -0.269. The number of alkyl halides is 3. The summed E-state index contributed by atoms with van der Waals surface area (Å²) in [7, 11) is 0. The topological polar surface area (TPSA) is 71.1 Å². The number of fused-ring (bicyclic) bond motifs is 1. The van der Waals surface area contributed by atoms with Crippen LogP contribution in [0, 0.1) is 0 Å². The van der Waals surface area contributed by atoms with Crippen LogP contribution in [0.3, 0.4) is 0 Å². The number of ether oxygens (including phenoxy) is 1. The van der Waals surface area contributed by atoms with Gasteiger partial charge in [0.05, 0.1) is 30.5 Å². The van der Waals surface area contributed by atoms with Crippen molar-refractivity contribution in [3.63, 3.8) is 0 Å². The molecule has 1 aliphatic rings. The molecule has 3 aromatic rings. The predicted octanol–water partition coefficient (Wildman–Crippen LogP) is 2.88. The summed E-state index contributed by atoms with van der Waals surface area (Å²) in [6.45, 7) is 0.579. The van der Waals surface area contributed by atoms with Gasteiger partial charge in [0, 0.05) is 11.6 Å². The highest BCUT2D eigenvalue weighted by Gasteiger charge is 2.35. The Labute approximate surface area is 145 Å². The van der Waals surface area contributed by atoms with Gasteiger partial charge in [-0.2, -0.15) is 13.2 Å². The first kappa shape index (κ1) is 16.4. The Hall–Kier alpha value is -3.10. The third-order valence-corrected chi connectivity index (χ3v) is 4.10. The molecule has 0 unspecified atom stereocenters. The van der Waals surface area contributed by atoms with Crippen LogP contribution in [-0.4, -0.2) is 45.0 Å². The number of aromatic amines is 1. The average molecular weight is 362 g/mol. The molecule has 3 heterocycles. The van der Waals surface area contributed by atoms with Gasteiger partial charge in [-0.15, -0.1) is 0 Å². The highest BCUT2D eigenvalue weighted by atomic mass is 19.4. The number of likely N-dealkylation sites (tertiary alicyclic amines) is 1. The first-order valence-electron chi connectivity index (χ1n) is 7.83. The molecular formula is C17H13F3N4O2. The molecule has 1 aliphatic heterocycles. The Bertz CT molecular complexity index is 964. The van der Waals surface area contributed by atoms with E-state index in [-0.39, 0.29) is 31.0 Å². The van der Waals surface area contributed by atoms with Gasteiger partial charge in [0.15, 0.2) is 0 Å². The fraction of sp³-hybridized carbons (Fsp3) is 0.235. The number of nitrogens with one attached hydrogen (secondary N) is 1. The minimum absolute atomic E-state index is 0.101.